The van der Waals surface area contributed by atoms with Gasteiger partial charge in [-0.2, -0.15) is 0 Å². The summed E-state index contributed by atoms with van der Waals surface area (Å²) in [5, 5.41) is 0. The molecule has 0 spiro atoms. The molecule has 128 valence electrons. The van der Waals surface area contributed by atoms with Crippen LogP contribution in [0.5, 0.6) is 0 Å². The third-order valence-corrected chi connectivity index (χ3v) is 4.32. The molecule has 3 aromatic rings. The fourth-order valence-corrected chi connectivity index (χ4v) is 3.05. The second-order valence-corrected chi connectivity index (χ2v) is 6.11. The largest absolute Gasteiger partial charge is 0.474 e. The molecular formula is C23H18O3. The first-order chi connectivity index (χ1) is 12.8. The maximum absolute atomic E-state index is 12.5. The van der Waals surface area contributed by atoms with Crippen molar-refractivity contribution in [2.24, 2.45) is 0 Å². The Hall–Kier alpha value is -3.33. The van der Waals surface area contributed by atoms with Crippen molar-refractivity contribution in [1.82, 2.24) is 0 Å². The van der Waals surface area contributed by atoms with Crippen molar-refractivity contribution in [1.29, 1.82) is 0 Å². The molecule has 1 aliphatic heterocycles. The minimum atomic E-state index is -0.487. The summed E-state index contributed by atoms with van der Waals surface area (Å²) in [5.41, 5.74) is 2.77. The molecule has 0 N–H and O–H groups in total. The topological polar surface area (TPSA) is 35.5 Å². The number of hydrogen-bond donors (Lipinski definition) is 0. The molecule has 0 bridgehead atoms. The summed E-state index contributed by atoms with van der Waals surface area (Å²) in [6, 6.07) is 29.1. The zero-order valence-electron chi connectivity index (χ0n) is 14.1. The SMILES string of the molecule is O=C1OC(c2ccccc2)C(c2ccccc2)O/C1=C\c1ccccc1. The summed E-state index contributed by atoms with van der Waals surface area (Å²) < 4.78 is 11.9. The number of carbonyl (C=O) groups is 1. The normalized spacial score (nSPS) is 21.1. The lowest BCUT2D eigenvalue weighted by Gasteiger charge is -2.33. The maximum atomic E-state index is 12.5. The molecule has 1 saturated heterocycles. The van der Waals surface area contributed by atoms with Gasteiger partial charge in [0.15, 0.2) is 12.2 Å². The molecule has 1 fully saturated rings. The van der Waals surface area contributed by atoms with E-state index in [9.17, 15) is 4.79 Å². The Kier molecular flexibility index (Phi) is 4.52. The van der Waals surface area contributed by atoms with Crippen LogP contribution in [0.25, 0.3) is 6.08 Å². The third-order valence-electron chi connectivity index (χ3n) is 4.32. The highest BCUT2D eigenvalue weighted by atomic mass is 16.6. The van der Waals surface area contributed by atoms with Crippen molar-refractivity contribution in [3.63, 3.8) is 0 Å². The zero-order valence-corrected chi connectivity index (χ0v) is 14.1. The van der Waals surface area contributed by atoms with Crippen molar-refractivity contribution in [2.45, 2.75) is 12.2 Å². The van der Waals surface area contributed by atoms with Crippen molar-refractivity contribution >= 4 is 12.0 Å². The average molecular weight is 342 g/mol. The van der Waals surface area contributed by atoms with Crippen molar-refractivity contribution < 1.29 is 14.3 Å². The maximum Gasteiger partial charge on any atom is 0.374 e. The molecule has 0 radical (unpaired) electrons. The van der Waals surface area contributed by atoms with Gasteiger partial charge in [0, 0.05) is 0 Å². The minimum Gasteiger partial charge on any atom is -0.474 e. The highest BCUT2D eigenvalue weighted by Crippen LogP contribution is 2.41. The second-order valence-electron chi connectivity index (χ2n) is 6.11. The van der Waals surface area contributed by atoms with Gasteiger partial charge in [0.05, 0.1) is 0 Å². The molecule has 3 nitrogen and oxygen atoms in total. The van der Waals surface area contributed by atoms with Crippen LogP contribution < -0.4 is 0 Å². The van der Waals surface area contributed by atoms with Crippen LogP contribution in [-0.4, -0.2) is 5.97 Å². The Morgan fingerprint density at radius 2 is 1.08 bits per heavy atom. The number of carbonyl (C=O) groups excluding carboxylic acids is 1. The van der Waals surface area contributed by atoms with E-state index >= 15 is 0 Å². The van der Waals surface area contributed by atoms with E-state index < -0.39 is 18.2 Å². The number of hydrogen-bond acceptors (Lipinski definition) is 3. The quantitative estimate of drug-likeness (QED) is 0.492. The second kappa shape index (κ2) is 7.28. The van der Waals surface area contributed by atoms with E-state index in [1.165, 1.54) is 0 Å². The first kappa shape index (κ1) is 16.2. The molecule has 3 heteroatoms. The van der Waals surface area contributed by atoms with E-state index in [4.69, 9.17) is 9.47 Å². The zero-order chi connectivity index (χ0) is 17.8. The molecule has 2 atom stereocenters. The Morgan fingerprint density at radius 1 is 0.615 bits per heavy atom. The monoisotopic (exact) mass is 342 g/mol. The van der Waals surface area contributed by atoms with Crippen molar-refractivity contribution in [2.75, 3.05) is 0 Å². The molecule has 1 aliphatic rings. The fourth-order valence-electron chi connectivity index (χ4n) is 3.05. The van der Waals surface area contributed by atoms with Gasteiger partial charge in [0.2, 0.25) is 5.76 Å². The number of ether oxygens (including phenoxy) is 2. The molecule has 4 rings (SSSR count). The molecule has 26 heavy (non-hydrogen) atoms. The molecule has 2 unspecified atom stereocenters. The lowest BCUT2D eigenvalue weighted by atomic mass is 9.97. The predicted molar refractivity (Wildman–Crippen MR) is 100.0 cm³/mol. The number of rotatable bonds is 3. The van der Waals surface area contributed by atoms with Crippen LogP contribution in [0, 0.1) is 0 Å². The first-order valence-corrected chi connectivity index (χ1v) is 8.55. The van der Waals surface area contributed by atoms with E-state index in [0.29, 0.717) is 0 Å². The summed E-state index contributed by atoms with van der Waals surface area (Å²) in [5.74, 6) is -0.230. The van der Waals surface area contributed by atoms with Gasteiger partial charge in [0.1, 0.15) is 0 Å². The summed E-state index contributed by atoms with van der Waals surface area (Å²) in [6.45, 7) is 0. The Balaban J connectivity index is 1.72. The molecule has 0 amide bonds. The summed E-state index contributed by atoms with van der Waals surface area (Å²) >= 11 is 0. The van der Waals surface area contributed by atoms with E-state index in [0.717, 1.165) is 16.7 Å². The Labute approximate surface area is 152 Å². The van der Waals surface area contributed by atoms with Crippen molar-refractivity contribution in [3.05, 3.63) is 113 Å². The lowest BCUT2D eigenvalue weighted by Crippen LogP contribution is -2.29. The molecule has 0 aliphatic carbocycles. The number of esters is 1. The highest BCUT2D eigenvalue weighted by molar-refractivity contribution is 5.92. The molecular weight excluding hydrogens is 324 g/mol. The van der Waals surface area contributed by atoms with E-state index in [-0.39, 0.29) is 5.76 Å². The minimum absolute atomic E-state index is 0.220. The first-order valence-electron chi connectivity index (χ1n) is 8.55. The van der Waals surface area contributed by atoms with Gasteiger partial charge in [-0.05, 0) is 22.8 Å². The van der Waals surface area contributed by atoms with Crippen LogP contribution in [0.3, 0.4) is 0 Å². The standard InChI is InChI=1S/C23H18O3/c24-23-20(16-17-10-4-1-5-11-17)25-21(18-12-6-2-7-13-18)22(26-23)19-14-8-3-9-15-19/h1-16,21-22H/b20-16-. The van der Waals surface area contributed by atoms with E-state index in [1.54, 1.807) is 6.08 Å². The summed E-state index contributed by atoms with van der Waals surface area (Å²) in [4.78, 5) is 12.5. The van der Waals surface area contributed by atoms with Gasteiger partial charge in [-0.15, -0.1) is 0 Å². The van der Waals surface area contributed by atoms with Crippen LogP contribution in [0.2, 0.25) is 0 Å². The molecule has 1 heterocycles. The Bertz CT molecular complexity index is 902. The van der Waals surface area contributed by atoms with Gasteiger partial charge in [0.25, 0.3) is 0 Å². The van der Waals surface area contributed by atoms with Crippen LogP contribution >= 0.6 is 0 Å². The van der Waals surface area contributed by atoms with Gasteiger partial charge in [-0.3, -0.25) is 0 Å². The summed E-state index contributed by atoms with van der Waals surface area (Å²) in [7, 11) is 0. The van der Waals surface area contributed by atoms with Gasteiger partial charge < -0.3 is 9.47 Å². The summed E-state index contributed by atoms with van der Waals surface area (Å²) in [6.07, 6.45) is 0.838. The van der Waals surface area contributed by atoms with Gasteiger partial charge in [-0.25, -0.2) is 4.79 Å². The van der Waals surface area contributed by atoms with Gasteiger partial charge in [-0.1, -0.05) is 91.0 Å². The highest BCUT2D eigenvalue weighted by Gasteiger charge is 2.37. The number of benzene rings is 3. The van der Waals surface area contributed by atoms with E-state index in [1.807, 2.05) is 91.0 Å². The number of cyclic esters (lactones) is 1. The average Bonchev–Trinajstić information content (AvgIpc) is 2.71. The molecule has 0 saturated carbocycles. The molecule has 3 aromatic carbocycles. The van der Waals surface area contributed by atoms with Crippen LogP contribution in [0.1, 0.15) is 28.9 Å². The Morgan fingerprint density at radius 3 is 1.62 bits per heavy atom. The van der Waals surface area contributed by atoms with Crippen LogP contribution in [0.4, 0.5) is 0 Å². The van der Waals surface area contributed by atoms with Crippen LogP contribution in [0.15, 0.2) is 96.8 Å². The molecule has 0 aromatic heterocycles. The van der Waals surface area contributed by atoms with Crippen LogP contribution in [-0.2, 0) is 14.3 Å². The lowest BCUT2D eigenvalue weighted by molar-refractivity contribution is -0.171. The van der Waals surface area contributed by atoms with Crippen molar-refractivity contribution in [3.8, 4) is 0 Å². The van der Waals surface area contributed by atoms with Gasteiger partial charge >= 0.3 is 5.97 Å². The van der Waals surface area contributed by atoms with E-state index in [2.05, 4.69) is 0 Å². The third kappa shape index (κ3) is 3.38. The smallest absolute Gasteiger partial charge is 0.374 e. The predicted octanol–water partition coefficient (Wildman–Crippen LogP) is 5.08. The fraction of sp³-hybridized carbons (Fsp3) is 0.0870.